The molecule has 0 unspecified atom stereocenters. The van der Waals surface area contributed by atoms with Gasteiger partial charge in [-0.25, -0.2) is 0 Å². The molecule has 3 aromatic rings. The van der Waals surface area contributed by atoms with E-state index in [1.54, 1.807) is 24.4 Å². The number of fused-ring (bicyclic) bond motifs is 1. The van der Waals surface area contributed by atoms with E-state index in [4.69, 9.17) is 0 Å². The van der Waals surface area contributed by atoms with E-state index in [1.807, 2.05) is 42.5 Å². The van der Waals surface area contributed by atoms with Gasteiger partial charge in [-0.05, 0) is 16.8 Å². The van der Waals surface area contributed by atoms with Crippen LogP contribution in [0.4, 0.5) is 11.4 Å². The van der Waals surface area contributed by atoms with Gasteiger partial charge in [-0.2, -0.15) is 5.10 Å². The Morgan fingerprint density at radius 2 is 1.68 bits per heavy atom. The molecule has 0 atom stereocenters. The van der Waals surface area contributed by atoms with E-state index >= 15 is 0 Å². The van der Waals surface area contributed by atoms with Crippen molar-refractivity contribution in [3.8, 4) is 0 Å². The fourth-order valence-electron chi connectivity index (χ4n) is 2.26. The Labute approximate surface area is 127 Å². The zero-order valence-corrected chi connectivity index (χ0v) is 11.6. The standard InChI is InChI=1S/C17H13N3O2/c21-20(22)17-11-4-3-10-16(17)19-18-12-14-8-5-7-13-6-1-2-9-15(13)14/h1-12,19H/b18-12-. The number of benzene rings is 3. The third-order valence-electron chi connectivity index (χ3n) is 3.31. The molecule has 0 spiro atoms. The number of anilines is 1. The summed E-state index contributed by atoms with van der Waals surface area (Å²) in [4.78, 5) is 10.5. The first-order valence-corrected chi connectivity index (χ1v) is 6.76. The van der Waals surface area contributed by atoms with Crippen LogP contribution in [0.15, 0.2) is 71.8 Å². The minimum absolute atomic E-state index is 0.00225. The number of nitro groups is 1. The van der Waals surface area contributed by atoms with Crippen LogP contribution in [0.2, 0.25) is 0 Å². The summed E-state index contributed by atoms with van der Waals surface area (Å²) in [7, 11) is 0. The van der Waals surface area contributed by atoms with E-state index in [2.05, 4.69) is 10.5 Å². The molecule has 22 heavy (non-hydrogen) atoms. The van der Waals surface area contributed by atoms with Gasteiger partial charge in [0, 0.05) is 11.6 Å². The number of nitro benzene ring substituents is 1. The van der Waals surface area contributed by atoms with Gasteiger partial charge in [0.1, 0.15) is 5.69 Å². The van der Waals surface area contributed by atoms with Gasteiger partial charge >= 0.3 is 0 Å². The van der Waals surface area contributed by atoms with Crippen molar-refractivity contribution in [2.24, 2.45) is 5.10 Å². The Kier molecular flexibility index (Phi) is 3.78. The first-order valence-electron chi connectivity index (χ1n) is 6.76. The Hall–Kier alpha value is -3.21. The van der Waals surface area contributed by atoms with Crippen LogP contribution in [0.1, 0.15) is 5.56 Å². The monoisotopic (exact) mass is 291 g/mol. The van der Waals surface area contributed by atoms with Crippen molar-refractivity contribution in [1.82, 2.24) is 0 Å². The van der Waals surface area contributed by atoms with Crippen LogP contribution in [0, 0.1) is 10.1 Å². The summed E-state index contributed by atoms with van der Waals surface area (Å²) in [6.45, 7) is 0. The first kappa shape index (κ1) is 13.8. The van der Waals surface area contributed by atoms with Crippen LogP contribution in [-0.2, 0) is 0 Å². The summed E-state index contributed by atoms with van der Waals surface area (Å²) in [6, 6.07) is 20.3. The number of hydrazone groups is 1. The molecule has 108 valence electrons. The summed E-state index contributed by atoms with van der Waals surface area (Å²) in [5, 5.41) is 17.3. The van der Waals surface area contributed by atoms with Crippen molar-refractivity contribution < 1.29 is 4.92 Å². The van der Waals surface area contributed by atoms with E-state index in [0.717, 1.165) is 16.3 Å². The predicted octanol–water partition coefficient (Wildman–Crippen LogP) is 4.19. The minimum atomic E-state index is -0.435. The zero-order valence-electron chi connectivity index (χ0n) is 11.6. The predicted molar refractivity (Wildman–Crippen MR) is 88.3 cm³/mol. The molecular weight excluding hydrogens is 278 g/mol. The zero-order chi connectivity index (χ0) is 15.4. The third-order valence-corrected chi connectivity index (χ3v) is 3.31. The molecule has 3 rings (SSSR count). The largest absolute Gasteiger partial charge is 0.294 e. The topological polar surface area (TPSA) is 67.5 Å². The van der Waals surface area contributed by atoms with Gasteiger partial charge in [0.2, 0.25) is 0 Å². The molecule has 0 bridgehead atoms. The van der Waals surface area contributed by atoms with E-state index in [-0.39, 0.29) is 5.69 Å². The molecule has 0 saturated carbocycles. The molecule has 0 heterocycles. The molecule has 3 aromatic carbocycles. The quantitative estimate of drug-likeness (QED) is 0.445. The molecule has 1 N–H and O–H groups in total. The lowest BCUT2D eigenvalue weighted by Crippen LogP contribution is -1.96. The Bertz CT molecular complexity index is 854. The highest BCUT2D eigenvalue weighted by atomic mass is 16.6. The second kappa shape index (κ2) is 6.05. The van der Waals surface area contributed by atoms with Gasteiger partial charge in [0.15, 0.2) is 0 Å². The summed E-state index contributed by atoms with van der Waals surface area (Å²) < 4.78 is 0. The van der Waals surface area contributed by atoms with Crippen LogP contribution in [0.5, 0.6) is 0 Å². The van der Waals surface area contributed by atoms with Gasteiger partial charge in [-0.15, -0.1) is 0 Å². The SMILES string of the molecule is O=[N+]([O-])c1ccccc1N/N=C\c1cccc2ccccc12. The molecule has 5 nitrogen and oxygen atoms in total. The second-order valence-corrected chi connectivity index (χ2v) is 4.71. The number of para-hydroxylation sites is 2. The highest BCUT2D eigenvalue weighted by Crippen LogP contribution is 2.23. The number of rotatable bonds is 4. The van der Waals surface area contributed by atoms with E-state index in [0.29, 0.717) is 5.69 Å². The molecule has 0 amide bonds. The van der Waals surface area contributed by atoms with Crippen molar-refractivity contribution in [1.29, 1.82) is 0 Å². The summed E-state index contributed by atoms with van der Waals surface area (Å²) in [6.07, 6.45) is 1.67. The van der Waals surface area contributed by atoms with Gasteiger partial charge in [0.05, 0.1) is 11.1 Å². The second-order valence-electron chi connectivity index (χ2n) is 4.71. The van der Waals surface area contributed by atoms with E-state index in [9.17, 15) is 10.1 Å². The maximum Gasteiger partial charge on any atom is 0.294 e. The first-order chi connectivity index (χ1) is 10.8. The average Bonchev–Trinajstić information content (AvgIpc) is 2.55. The molecule has 0 aromatic heterocycles. The summed E-state index contributed by atoms with van der Waals surface area (Å²) in [5.41, 5.74) is 4.05. The highest BCUT2D eigenvalue weighted by Gasteiger charge is 2.10. The van der Waals surface area contributed by atoms with Gasteiger partial charge < -0.3 is 0 Å². The molecule has 0 fully saturated rings. The molecule has 0 aliphatic heterocycles. The number of hydrogen-bond donors (Lipinski definition) is 1. The highest BCUT2D eigenvalue weighted by molar-refractivity contribution is 5.99. The van der Waals surface area contributed by atoms with Crippen LogP contribution < -0.4 is 5.43 Å². The van der Waals surface area contributed by atoms with E-state index < -0.39 is 4.92 Å². The van der Waals surface area contributed by atoms with Crippen molar-refractivity contribution in [3.63, 3.8) is 0 Å². The van der Waals surface area contributed by atoms with Crippen molar-refractivity contribution in [3.05, 3.63) is 82.4 Å². The third kappa shape index (κ3) is 2.78. The number of hydrogen-bond acceptors (Lipinski definition) is 4. The molecule has 0 aliphatic carbocycles. The van der Waals surface area contributed by atoms with Crippen LogP contribution >= 0.6 is 0 Å². The van der Waals surface area contributed by atoms with E-state index in [1.165, 1.54) is 6.07 Å². The smallest absolute Gasteiger partial charge is 0.272 e. The fourth-order valence-corrected chi connectivity index (χ4v) is 2.26. The van der Waals surface area contributed by atoms with Gasteiger partial charge in [0.25, 0.3) is 5.69 Å². The lowest BCUT2D eigenvalue weighted by atomic mass is 10.1. The van der Waals surface area contributed by atoms with Gasteiger partial charge in [-0.3, -0.25) is 15.5 Å². The van der Waals surface area contributed by atoms with Gasteiger partial charge in [-0.1, -0.05) is 54.6 Å². The number of nitrogens with zero attached hydrogens (tertiary/aromatic N) is 2. The van der Waals surface area contributed by atoms with Crippen molar-refractivity contribution in [2.45, 2.75) is 0 Å². The van der Waals surface area contributed by atoms with Crippen LogP contribution in [-0.4, -0.2) is 11.1 Å². The maximum absolute atomic E-state index is 10.9. The maximum atomic E-state index is 10.9. The Balaban J connectivity index is 1.87. The Morgan fingerprint density at radius 3 is 2.55 bits per heavy atom. The molecule has 5 heteroatoms. The number of nitrogens with one attached hydrogen (secondary N) is 1. The van der Waals surface area contributed by atoms with Crippen molar-refractivity contribution in [2.75, 3.05) is 5.43 Å². The lowest BCUT2D eigenvalue weighted by Gasteiger charge is -2.03. The van der Waals surface area contributed by atoms with Crippen LogP contribution in [0.3, 0.4) is 0 Å². The minimum Gasteiger partial charge on any atom is -0.272 e. The fraction of sp³-hybridized carbons (Fsp3) is 0. The molecular formula is C17H13N3O2. The summed E-state index contributed by atoms with van der Waals surface area (Å²) in [5.74, 6) is 0. The molecule has 0 radical (unpaired) electrons. The molecule has 0 saturated heterocycles. The summed E-state index contributed by atoms with van der Waals surface area (Å²) >= 11 is 0. The van der Waals surface area contributed by atoms with Crippen LogP contribution in [0.25, 0.3) is 10.8 Å². The van der Waals surface area contributed by atoms with Crippen molar-refractivity contribution >= 4 is 28.4 Å². The Morgan fingerprint density at radius 1 is 0.955 bits per heavy atom. The average molecular weight is 291 g/mol. The normalized spacial score (nSPS) is 10.9. The molecule has 0 aliphatic rings. The lowest BCUT2D eigenvalue weighted by molar-refractivity contribution is -0.384.